The maximum atomic E-state index is 13.4. The van der Waals surface area contributed by atoms with Crippen molar-refractivity contribution in [3.8, 4) is 0 Å². The van der Waals surface area contributed by atoms with E-state index in [-0.39, 0.29) is 16.9 Å². The average molecular weight is 284 g/mol. The van der Waals surface area contributed by atoms with Gasteiger partial charge in [0.2, 0.25) is 0 Å². The fourth-order valence-electron chi connectivity index (χ4n) is 1.68. The molecule has 6 heteroatoms. The van der Waals surface area contributed by atoms with Gasteiger partial charge in [-0.3, -0.25) is 4.55 Å². The molecule has 0 bridgehead atoms. The van der Waals surface area contributed by atoms with E-state index in [1.807, 2.05) is 0 Å². The third-order valence-electron chi connectivity index (χ3n) is 2.65. The first-order chi connectivity index (χ1) is 8.88. The van der Waals surface area contributed by atoms with Gasteiger partial charge in [-0.05, 0) is 29.3 Å². The third-order valence-corrected chi connectivity index (χ3v) is 3.52. The van der Waals surface area contributed by atoms with Crippen molar-refractivity contribution in [2.45, 2.75) is 11.3 Å². The Hall–Kier alpha value is -1.79. The number of halogens is 2. The minimum absolute atomic E-state index is 0.134. The Balaban J connectivity index is 2.27. The Morgan fingerprint density at radius 2 is 1.63 bits per heavy atom. The lowest BCUT2D eigenvalue weighted by atomic mass is 10.0. The molecule has 0 fully saturated rings. The molecule has 0 aliphatic heterocycles. The van der Waals surface area contributed by atoms with Crippen LogP contribution in [0.1, 0.15) is 11.1 Å². The van der Waals surface area contributed by atoms with Crippen LogP contribution in [0.15, 0.2) is 47.4 Å². The third kappa shape index (κ3) is 3.15. The maximum Gasteiger partial charge on any atom is 0.294 e. The van der Waals surface area contributed by atoms with Crippen molar-refractivity contribution in [2.24, 2.45) is 0 Å². The molecule has 0 aromatic heterocycles. The van der Waals surface area contributed by atoms with Crippen LogP contribution < -0.4 is 0 Å². The van der Waals surface area contributed by atoms with Crippen molar-refractivity contribution in [1.29, 1.82) is 0 Å². The second kappa shape index (κ2) is 5.07. The molecule has 0 amide bonds. The largest absolute Gasteiger partial charge is 0.294 e. The molecular formula is C13H10F2O3S. The van der Waals surface area contributed by atoms with Crippen LogP contribution in [0.25, 0.3) is 0 Å². The van der Waals surface area contributed by atoms with Crippen LogP contribution in [0, 0.1) is 11.6 Å². The van der Waals surface area contributed by atoms with Crippen molar-refractivity contribution in [1.82, 2.24) is 0 Å². The Bertz CT molecular complexity index is 694. The minimum Gasteiger partial charge on any atom is -0.282 e. The Labute approximate surface area is 109 Å². The normalized spacial score (nSPS) is 11.5. The lowest BCUT2D eigenvalue weighted by molar-refractivity contribution is 0.483. The molecule has 0 aliphatic carbocycles. The van der Waals surface area contributed by atoms with E-state index in [4.69, 9.17) is 4.55 Å². The highest BCUT2D eigenvalue weighted by atomic mass is 32.2. The molecule has 0 saturated carbocycles. The number of rotatable bonds is 3. The lowest BCUT2D eigenvalue weighted by Crippen LogP contribution is -1.99. The molecule has 0 atom stereocenters. The summed E-state index contributed by atoms with van der Waals surface area (Å²) in [5.74, 6) is -1.84. The van der Waals surface area contributed by atoms with E-state index in [0.717, 1.165) is 6.07 Å². The molecule has 1 N–H and O–H groups in total. The molecule has 19 heavy (non-hydrogen) atoms. The van der Waals surface area contributed by atoms with Crippen molar-refractivity contribution in [3.05, 3.63) is 65.2 Å². The number of hydrogen-bond acceptors (Lipinski definition) is 2. The van der Waals surface area contributed by atoms with E-state index in [1.54, 1.807) is 0 Å². The molecule has 0 spiro atoms. The van der Waals surface area contributed by atoms with Gasteiger partial charge in [0.1, 0.15) is 0 Å². The SMILES string of the molecule is O=S(=O)(O)c1ccc(Cc2cccc(F)c2F)cc1. The van der Waals surface area contributed by atoms with Crippen molar-refractivity contribution in [2.75, 3.05) is 0 Å². The molecule has 2 aromatic carbocycles. The molecular weight excluding hydrogens is 274 g/mol. The topological polar surface area (TPSA) is 54.4 Å². The molecule has 0 heterocycles. The number of benzene rings is 2. The summed E-state index contributed by atoms with van der Waals surface area (Å²) in [5.41, 5.74) is 0.788. The molecule has 0 aliphatic rings. The van der Waals surface area contributed by atoms with E-state index in [0.29, 0.717) is 5.56 Å². The van der Waals surface area contributed by atoms with E-state index >= 15 is 0 Å². The van der Waals surface area contributed by atoms with Crippen LogP contribution in [0.3, 0.4) is 0 Å². The van der Waals surface area contributed by atoms with E-state index in [9.17, 15) is 17.2 Å². The molecule has 0 saturated heterocycles. The van der Waals surface area contributed by atoms with Gasteiger partial charge in [-0.2, -0.15) is 8.42 Å². The van der Waals surface area contributed by atoms with E-state index in [1.165, 1.54) is 36.4 Å². The van der Waals surface area contributed by atoms with Gasteiger partial charge in [-0.1, -0.05) is 24.3 Å². The van der Waals surface area contributed by atoms with Gasteiger partial charge in [0.15, 0.2) is 11.6 Å². The second-order valence-corrected chi connectivity index (χ2v) is 5.43. The average Bonchev–Trinajstić information content (AvgIpc) is 2.35. The summed E-state index contributed by atoms with van der Waals surface area (Å²) in [7, 11) is -4.24. The fraction of sp³-hybridized carbons (Fsp3) is 0.0769. The second-order valence-electron chi connectivity index (χ2n) is 4.01. The zero-order valence-corrected chi connectivity index (χ0v) is 10.5. The summed E-state index contributed by atoms with van der Waals surface area (Å²) in [4.78, 5) is -0.240. The van der Waals surface area contributed by atoms with Crippen molar-refractivity contribution in [3.63, 3.8) is 0 Å². The van der Waals surface area contributed by atoms with Crippen molar-refractivity contribution < 1.29 is 21.8 Å². The standard InChI is InChI=1S/C13H10F2O3S/c14-12-3-1-2-10(13(12)15)8-9-4-6-11(7-5-9)19(16,17)18/h1-7H,8H2,(H,16,17,18). The summed E-state index contributed by atoms with van der Waals surface area (Å²) in [6.07, 6.45) is 0.134. The maximum absolute atomic E-state index is 13.4. The van der Waals surface area contributed by atoms with Gasteiger partial charge in [-0.25, -0.2) is 8.78 Å². The fourth-order valence-corrected chi connectivity index (χ4v) is 2.16. The van der Waals surface area contributed by atoms with E-state index < -0.39 is 21.8 Å². The van der Waals surface area contributed by atoms with Crippen molar-refractivity contribution >= 4 is 10.1 Å². The predicted octanol–water partition coefficient (Wildman–Crippen LogP) is 2.80. The van der Waals surface area contributed by atoms with E-state index in [2.05, 4.69) is 0 Å². The highest BCUT2D eigenvalue weighted by molar-refractivity contribution is 7.85. The Morgan fingerprint density at radius 3 is 2.21 bits per heavy atom. The first kappa shape index (κ1) is 13.6. The molecule has 100 valence electrons. The first-order valence-electron chi connectivity index (χ1n) is 5.37. The van der Waals surface area contributed by atoms with Crippen LogP contribution in [0.2, 0.25) is 0 Å². The van der Waals surface area contributed by atoms with Gasteiger partial charge >= 0.3 is 0 Å². The van der Waals surface area contributed by atoms with Crippen LogP contribution >= 0.6 is 0 Å². The molecule has 2 rings (SSSR count). The summed E-state index contributed by atoms with van der Waals surface area (Å²) in [6, 6.07) is 9.18. The van der Waals surface area contributed by atoms with Gasteiger partial charge in [-0.15, -0.1) is 0 Å². The minimum atomic E-state index is -4.24. The monoisotopic (exact) mass is 284 g/mol. The summed E-state index contributed by atoms with van der Waals surface area (Å²) >= 11 is 0. The quantitative estimate of drug-likeness (QED) is 0.882. The highest BCUT2D eigenvalue weighted by Crippen LogP contribution is 2.17. The molecule has 0 unspecified atom stereocenters. The first-order valence-corrected chi connectivity index (χ1v) is 6.81. The zero-order valence-electron chi connectivity index (χ0n) is 9.68. The lowest BCUT2D eigenvalue weighted by Gasteiger charge is -2.05. The summed E-state index contributed by atoms with van der Waals surface area (Å²) < 4.78 is 57.0. The van der Waals surface area contributed by atoms with Crippen LogP contribution in [0.5, 0.6) is 0 Å². The predicted molar refractivity (Wildman–Crippen MR) is 65.4 cm³/mol. The van der Waals surface area contributed by atoms with Gasteiger partial charge < -0.3 is 0 Å². The number of hydrogen-bond donors (Lipinski definition) is 1. The van der Waals surface area contributed by atoms with Crippen LogP contribution in [-0.4, -0.2) is 13.0 Å². The van der Waals surface area contributed by atoms with Gasteiger partial charge in [0, 0.05) is 6.42 Å². The van der Waals surface area contributed by atoms with Gasteiger partial charge in [0.05, 0.1) is 4.90 Å². The molecule has 3 nitrogen and oxygen atoms in total. The summed E-state index contributed by atoms with van der Waals surface area (Å²) in [6.45, 7) is 0. The van der Waals surface area contributed by atoms with Gasteiger partial charge in [0.25, 0.3) is 10.1 Å². The molecule has 0 radical (unpaired) electrons. The van der Waals surface area contributed by atoms with Crippen LogP contribution in [-0.2, 0) is 16.5 Å². The highest BCUT2D eigenvalue weighted by Gasteiger charge is 2.11. The van der Waals surface area contributed by atoms with Crippen LogP contribution in [0.4, 0.5) is 8.78 Å². The zero-order chi connectivity index (χ0) is 14.0. The Morgan fingerprint density at radius 1 is 1.00 bits per heavy atom. The summed E-state index contributed by atoms with van der Waals surface area (Å²) in [5, 5.41) is 0. The smallest absolute Gasteiger partial charge is 0.282 e. The molecule has 2 aromatic rings. The Kier molecular flexibility index (Phi) is 3.64.